The van der Waals surface area contributed by atoms with Crippen LogP contribution in [0.3, 0.4) is 0 Å². The molecule has 3 rings (SSSR count). The van der Waals surface area contributed by atoms with E-state index in [-0.39, 0.29) is 0 Å². The molecule has 1 heterocycles. The van der Waals surface area contributed by atoms with Crippen LogP contribution in [-0.4, -0.2) is 16.5 Å². The predicted molar refractivity (Wildman–Crippen MR) is 82.4 cm³/mol. The molecule has 1 aliphatic carbocycles. The van der Waals surface area contributed by atoms with Crippen molar-refractivity contribution in [1.82, 2.24) is 9.97 Å². The highest BCUT2D eigenvalue weighted by Gasteiger charge is 2.26. The van der Waals surface area contributed by atoms with E-state index in [1.807, 2.05) is 24.3 Å². The molecular formula is C16H18ClN3. The van der Waals surface area contributed by atoms with Gasteiger partial charge in [-0.15, -0.1) is 0 Å². The number of nitrogens with one attached hydrogen (secondary N) is 1. The summed E-state index contributed by atoms with van der Waals surface area (Å²) in [6, 6.07) is 9.97. The highest BCUT2D eigenvalue weighted by atomic mass is 35.5. The molecule has 1 saturated carbocycles. The van der Waals surface area contributed by atoms with Gasteiger partial charge >= 0.3 is 0 Å². The van der Waals surface area contributed by atoms with E-state index in [1.54, 1.807) is 0 Å². The molecule has 0 radical (unpaired) electrons. The third kappa shape index (κ3) is 3.28. The minimum Gasteiger partial charge on any atom is -0.370 e. The van der Waals surface area contributed by atoms with Crippen LogP contribution >= 0.6 is 11.6 Å². The number of aromatic nitrogens is 2. The van der Waals surface area contributed by atoms with Gasteiger partial charge in [0.05, 0.1) is 0 Å². The molecule has 0 spiro atoms. The van der Waals surface area contributed by atoms with E-state index in [4.69, 9.17) is 16.6 Å². The first-order chi connectivity index (χ1) is 9.74. The molecule has 0 unspecified atom stereocenters. The molecule has 20 heavy (non-hydrogen) atoms. The van der Waals surface area contributed by atoms with Crippen molar-refractivity contribution in [3.05, 3.63) is 52.4 Å². The lowest BCUT2D eigenvalue weighted by Crippen LogP contribution is -2.06. The first-order valence-electron chi connectivity index (χ1n) is 7.11. The Kier molecular flexibility index (Phi) is 3.88. The van der Waals surface area contributed by atoms with Crippen LogP contribution in [0.4, 0.5) is 5.82 Å². The lowest BCUT2D eigenvalue weighted by Gasteiger charge is -2.08. The van der Waals surface area contributed by atoms with E-state index < -0.39 is 0 Å². The lowest BCUT2D eigenvalue weighted by molar-refractivity contribution is 0.897. The number of halogens is 1. The van der Waals surface area contributed by atoms with Crippen molar-refractivity contribution >= 4 is 17.4 Å². The van der Waals surface area contributed by atoms with Gasteiger partial charge in [-0.05, 0) is 37.5 Å². The summed E-state index contributed by atoms with van der Waals surface area (Å²) >= 11 is 5.91. The van der Waals surface area contributed by atoms with E-state index in [0.29, 0.717) is 5.92 Å². The Bertz CT molecular complexity index is 591. The maximum Gasteiger partial charge on any atom is 0.135 e. The van der Waals surface area contributed by atoms with E-state index in [1.165, 1.54) is 24.1 Å². The zero-order valence-electron chi connectivity index (χ0n) is 11.6. The Morgan fingerprint density at radius 1 is 1.20 bits per heavy atom. The van der Waals surface area contributed by atoms with Gasteiger partial charge in [-0.1, -0.05) is 23.7 Å². The van der Waals surface area contributed by atoms with Crippen LogP contribution in [-0.2, 0) is 6.42 Å². The first-order valence-corrected chi connectivity index (χ1v) is 7.48. The highest BCUT2D eigenvalue weighted by molar-refractivity contribution is 6.30. The smallest absolute Gasteiger partial charge is 0.135 e. The quantitative estimate of drug-likeness (QED) is 0.902. The average Bonchev–Trinajstić information content (AvgIpc) is 3.26. The van der Waals surface area contributed by atoms with Crippen LogP contribution in [0.1, 0.15) is 42.8 Å². The van der Waals surface area contributed by atoms with E-state index in [2.05, 4.69) is 23.3 Å². The molecule has 0 saturated heterocycles. The van der Waals surface area contributed by atoms with Crippen molar-refractivity contribution in [2.75, 3.05) is 11.9 Å². The number of nitrogens with zero attached hydrogens (tertiary/aromatic N) is 2. The monoisotopic (exact) mass is 287 g/mol. The van der Waals surface area contributed by atoms with Crippen molar-refractivity contribution in [2.45, 2.75) is 32.1 Å². The van der Waals surface area contributed by atoms with Crippen LogP contribution in [0.2, 0.25) is 5.02 Å². The van der Waals surface area contributed by atoms with E-state index >= 15 is 0 Å². The summed E-state index contributed by atoms with van der Waals surface area (Å²) < 4.78 is 0. The number of anilines is 1. The summed E-state index contributed by atoms with van der Waals surface area (Å²) in [4.78, 5) is 9.31. The van der Waals surface area contributed by atoms with Gasteiger partial charge in [0.25, 0.3) is 0 Å². The third-order valence-electron chi connectivity index (χ3n) is 3.42. The molecule has 4 heteroatoms. The normalized spacial score (nSPS) is 14.3. The third-order valence-corrected chi connectivity index (χ3v) is 3.67. The molecule has 1 N–H and O–H groups in total. The molecule has 0 bridgehead atoms. The van der Waals surface area contributed by atoms with Gasteiger partial charge in [0.2, 0.25) is 0 Å². The van der Waals surface area contributed by atoms with Gasteiger partial charge in [0.15, 0.2) is 0 Å². The summed E-state index contributed by atoms with van der Waals surface area (Å²) in [5.74, 6) is 2.46. The van der Waals surface area contributed by atoms with Crippen molar-refractivity contribution < 1.29 is 0 Å². The number of hydrogen-bond acceptors (Lipinski definition) is 3. The molecule has 1 aromatic carbocycles. The lowest BCUT2D eigenvalue weighted by atomic mass is 10.1. The number of hydrogen-bond donors (Lipinski definition) is 1. The molecule has 0 amide bonds. The van der Waals surface area contributed by atoms with Crippen LogP contribution < -0.4 is 5.32 Å². The molecule has 2 aromatic rings. The fourth-order valence-corrected chi connectivity index (χ4v) is 2.37. The number of benzene rings is 1. The Hall–Kier alpha value is -1.61. The molecule has 3 nitrogen and oxygen atoms in total. The molecule has 104 valence electrons. The maximum absolute atomic E-state index is 5.91. The number of rotatable bonds is 5. The van der Waals surface area contributed by atoms with E-state index in [0.717, 1.165) is 29.6 Å². The minimum atomic E-state index is 0.638. The first kappa shape index (κ1) is 13.4. The molecule has 0 atom stereocenters. The van der Waals surface area contributed by atoms with Gasteiger partial charge < -0.3 is 5.32 Å². The van der Waals surface area contributed by atoms with Crippen LogP contribution in [0.25, 0.3) is 0 Å². The summed E-state index contributed by atoms with van der Waals surface area (Å²) in [5.41, 5.74) is 2.37. The largest absolute Gasteiger partial charge is 0.370 e. The summed E-state index contributed by atoms with van der Waals surface area (Å²) in [6.07, 6.45) is 3.25. The Morgan fingerprint density at radius 3 is 2.60 bits per heavy atom. The second kappa shape index (κ2) is 5.80. The SMILES string of the molecule is CCNc1cc(C2CC2)nc(Cc2ccc(Cl)cc2)n1. The topological polar surface area (TPSA) is 37.8 Å². The van der Waals surface area contributed by atoms with Gasteiger partial charge in [-0.25, -0.2) is 9.97 Å². The second-order valence-electron chi connectivity index (χ2n) is 5.20. The Balaban J connectivity index is 1.85. The van der Waals surface area contributed by atoms with Crippen molar-refractivity contribution in [3.8, 4) is 0 Å². The van der Waals surface area contributed by atoms with Crippen LogP contribution in [0.15, 0.2) is 30.3 Å². The minimum absolute atomic E-state index is 0.638. The van der Waals surface area contributed by atoms with Crippen LogP contribution in [0, 0.1) is 0 Å². The van der Waals surface area contributed by atoms with Crippen molar-refractivity contribution in [3.63, 3.8) is 0 Å². The Labute approximate surface area is 124 Å². The second-order valence-corrected chi connectivity index (χ2v) is 5.64. The van der Waals surface area contributed by atoms with Crippen LogP contribution in [0.5, 0.6) is 0 Å². The van der Waals surface area contributed by atoms with Crippen molar-refractivity contribution in [2.24, 2.45) is 0 Å². The van der Waals surface area contributed by atoms with Gasteiger partial charge in [-0.3, -0.25) is 0 Å². The zero-order chi connectivity index (χ0) is 13.9. The summed E-state index contributed by atoms with van der Waals surface area (Å²) in [6.45, 7) is 2.96. The van der Waals surface area contributed by atoms with Crippen molar-refractivity contribution in [1.29, 1.82) is 0 Å². The highest BCUT2D eigenvalue weighted by Crippen LogP contribution is 2.39. The molecule has 1 aliphatic rings. The average molecular weight is 288 g/mol. The van der Waals surface area contributed by atoms with Gasteiger partial charge in [0, 0.05) is 35.7 Å². The molecule has 1 fully saturated rings. The Morgan fingerprint density at radius 2 is 1.95 bits per heavy atom. The summed E-state index contributed by atoms with van der Waals surface area (Å²) in [5, 5.41) is 4.05. The fraction of sp³-hybridized carbons (Fsp3) is 0.375. The molecular weight excluding hydrogens is 270 g/mol. The standard InChI is InChI=1S/C16H18ClN3/c1-2-18-15-10-14(12-5-6-12)19-16(20-15)9-11-3-7-13(17)8-4-11/h3-4,7-8,10,12H,2,5-6,9H2,1H3,(H,18,19,20). The molecule has 0 aliphatic heterocycles. The fourth-order valence-electron chi connectivity index (χ4n) is 2.24. The van der Waals surface area contributed by atoms with Gasteiger partial charge in [-0.2, -0.15) is 0 Å². The summed E-state index contributed by atoms with van der Waals surface area (Å²) in [7, 11) is 0. The van der Waals surface area contributed by atoms with Gasteiger partial charge in [0.1, 0.15) is 11.6 Å². The molecule has 1 aromatic heterocycles. The predicted octanol–water partition coefficient (Wildman–Crippen LogP) is 4.03. The maximum atomic E-state index is 5.91. The van der Waals surface area contributed by atoms with E-state index in [9.17, 15) is 0 Å². The zero-order valence-corrected chi connectivity index (χ0v) is 12.3.